The predicted octanol–water partition coefficient (Wildman–Crippen LogP) is 2.19. The van der Waals surface area contributed by atoms with Gasteiger partial charge in [0.15, 0.2) is 0 Å². The second-order valence-electron chi connectivity index (χ2n) is 3.91. The lowest BCUT2D eigenvalue weighted by atomic mass is 9.77. The van der Waals surface area contributed by atoms with Crippen molar-refractivity contribution in [1.29, 1.82) is 0 Å². The van der Waals surface area contributed by atoms with Gasteiger partial charge in [0.1, 0.15) is 0 Å². The van der Waals surface area contributed by atoms with Gasteiger partial charge in [0.05, 0.1) is 6.10 Å². The monoisotopic (exact) mass is 185 g/mol. The van der Waals surface area contributed by atoms with Gasteiger partial charge in [-0.15, -0.1) is 0 Å². The van der Waals surface area contributed by atoms with E-state index in [-0.39, 0.29) is 0 Å². The zero-order valence-corrected chi connectivity index (χ0v) is 9.18. The maximum atomic E-state index is 5.74. The average molecular weight is 185 g/mol. The number of rotatable bonds is 6. The number of nitrogens with one attached hydrogen (secondary N) is 1. The molecule has 2 heteroatoms. The molecule has 0 heterocycles. The molecule has 1 aliphatic carbocycles. The van der Waals surface area contributed by atoms with E-state index in [4.69, 9.17) is 4.74 Å². The molecule has 0 aromatic heterocycles. The summed E-state index contributed by atoms with van der Waals surface area (Å²) >= 11 is 0. The van der Waals surface area contributed by atoms with Gasteiger partial charge in [0.2, 0.25) is 0 Å². The van der Waals surface area contributed by atoms with E-state index in [1.807, 2.05) is 0 Å². The van der Waals surface area contributed by atoms with Gasteiger partial charge in [-0.2, -0.15) is 0 Å². The fourth-order valence-electron chi connectivity index (χ4n) is 2.21. The van der Waals surface area contributed by atoms with Crippen LogP contribution in [0, 0.1) is 5.92 Å². The molecule has 1 aliphatic rings. The number of ether oxygens (including phenoxy) is 1. The second-order valence-corrected chi connectivity index (χ2v) is 3.91. The van der Waals surface area contributed by atoms with Gasteiger partial charge in [-0.25, -0.2) is 0 Å². The van der Waals surface area contributed by atoms with Crippen molar-refractivity contribution in [3.8, 4) is 0 Å². The molecule has 1 saturated carbocycles. The van der Waals surface area contributed by atoms with Crippen LogP contribution in [0.4, 0.5) is 0 Å². The van der Waals surface area contributed by atoms with Crippen molar-refractivity contribution >= 4 is 0 Å². The Hall–Kier alpha value is -0.0800. The highest BCUT2D eigenvalue weighted by molar-refractivity contribution is 4.87. The number of hydrogen-bond acceptors (Lipinski definition) is 2. The Bertz CT molecular complexity index is 134. The minimum atomic E-state index is 0.417. The Kier molecular flexibility index (Phi) is 4.74. The minimum Gasteiger partial charge on any atom is -0.377 e. The molecule has 0 bridgehead atoms. The van der Waals surface area contributed by atoms with E-state index in [0.717, 1.165) is 18.9 Å². The largest absolute Gasteiger partial charge is 0.377 e. The fourth-order valence-corrected chi connectivity index (χ4v) is 2.21. The van der Waals surface area contributed by atoms with Crippen LogP contribution in [0.1, 0.15) is 39.5 Å². The molecule has 2 nitrogen and oxygen atoms in total. The lowest BCUT2D eigenvalue weighted by Gasteiger charge is -2.38. The van der Waals surface area contributed by atoms with Gasteiger partial charge in [-0.3, -0.25) is 0 Å². The van der Waals surface area contributed by atoms with E-state index >= 15 is 0 Å². The normalized spacial score (nSPS) is 22.4. The summed E-state index contributed by atoms with van der Waals surface area (Å²) < 4.78 is 5.74. The van der Waals surface area contributed by atoms with Crippen molar-refractivity contribution in [2.45, 2.75) is 51.7 Å². The quantitative estimate of drug-likeness (QED) is 0.685. The predicted molar refractivity (Wildman–Crippen MR) is 55.9 cm³/mol. The third-order valence-corrected chi connectivity index (χ3v) is 3.17. The topological polar surface area (TPSA) is 21.3 Å². The maximum Gasteiger partial charge on any atom is 0.0727 e. The molecule has 1 fully saturated rings. The van der Waals surface area contributed by atoms with Crippen molar-refractivity contribution < 1.29 is 4.74 Å². The summed E-state index contributed by atoms with van der Waals surface area (Å²) in [6, 6.07) is 0.582. The highest BCUT2D eigenvalue weighted by Gasteiger charge is 2.31. The molecular formula is C11H23NO. The molecule has 0 aromatic rings. The first kappa shape index (κ1) is 11.0. The lowest BCUT2D eigenvalue weighted by molar-refractivity contribution is 0.00445. The highest BCUT2D eigenvalue weighted by Crippen LogP contribution is 2.32. The van der Waals surface area contributed by atoms with Crippen molar-refractivity contribution in [3.63, 3.8) is 0 Å². The van der Waals surface area contributed by atoms with Crippen LogP contribution in [-0.2, 0) is 4.74 Å². The molecule has 0 saturated heterocycles. The third kappa shape index (κ3) is 2.68. The van der Waals surface area contributed by atoms with Crippen LogP contribution < -0.4 is 5.32 Å². The van der Waals surface area contributed by atoms with Gasteiger partial charge in [-0.05, 0) is 39.2 Å². The Morgan fingerprint density at radius 1 is 1.38 bits per heavy atom. The lowest BCUT2D eigenvalue weighted by Crippen LogP contribution is -2.47. The third-order valence-electron chi connectivity index (χ3n) is 3.17. The van der Waals surface area contributed by atoms with E-state index < -0.39 is 0 Å². The summed E-state index contributed by atoms with van der Waals surface area (Å²) in [5.74, 6) is 0.862. The molecule has 1 rings (SSSR count). The average Bonchev–Trinajstić information content (AvgIpc) is 2.07. The molecule has 0 radical (unpaired) electrons. The molecule has 0 aromatic carbocycles. The van der Waals surface area contributed by atoms with Gasteiger partial charge in [0.25, 0.3) is 0 Å². The molecule has 1 N–H and O–H groups in total. The molecule has 0 spiro atoms. The molecule has 0 amide bonds. The first-order valence-electron chi connectivity index (χ1n) is 5.62. The van der Waals surface area contributed by atoms with Crippen LogP contribution in [0.3, 0.4) is 0 Å². The van der Waals surface area contributed by atoms with E-state index in [2.05, 4.69) is 26.2 Å². The van der Waals surface area contributed by atoms with E-state index in [1.165, 1.54) is 19.3 Å². The van der Waals surface area contributed by atoms with Crippen LogP contribution in [-0.4, -0.2) is 25.8 Å². The van der Waals surface area contributed by atoms with Crippen molar-refractivity contribution in [2.24, 2.45) is 5.92 Å². The van der Waals surface area contributed by atoms with Crippen molar-refractivity contribution in [2.75, 3.05) is 13.7 Å². The Morgan fingerprint density at radius 3 is 2.38 bits per heavy atom. The van der Waals surface area contributed by atoms with Crippen LogP contribution in [0.2, 0.25) is 0 Å². The molecule has 13 heavy (non-hydrogen) atoms. The van der Waals surface area contributed by atoms with E-state index in [1.54, 1.807) is 0 Å². The summed E-state index contributed by atoms with van der Waals surface area (Å²) in [7, 11) is 2.06. The zero-order valence-electron chi connectivity index (χ0n) is 9.18. The number of hydrogen-bond donors (Lipinski definition) is 1. The SMILES string of the molecule is CCOC(CC)C(NC)C1CCC1. The molecule has 2 unspecified atom stereocenters. The summed E-state index contributed by atoms with van der Waals surface area (Å²) in [5.41, 5.74) is 0. The minimum absolute atomic E-state index is 0.417. The summed E-state index contributed by atoms with van der Waals surface area (Å²) in [6.45, 7) is 5.13. The second kappa shape index (κ2) is 5.61. The summed E-state index contributed by atoms with van der Waals surface area (Å²) in [5, 5.41) is 3.41. The maximum absolute atomic E-state index is 5.74. The first-order chi connectivity index (χ1) is 6.33. The van der Waals surface area contributed by atoms with Crippen LogP contribution in [0.5, 0.6) is 0 Å². The zero-order chi connectivity index (χ0) is 9.68. The molecule has 2 atom stereocenters. The Morgan fingerprint density at radius 2 is 2.08 bits per heavy atom. The number of likely N-dealkylation sites (N-methyl/N-ethyl adjacent to an activating group) is 1. The standard InChI is InChI=1S/C11H23NO/c1-4-10(13-5-2)11(12-3)9-7-6-8-9/h9-12H,4-8H2,1-3H3. The smallest absolute Gasteiger partial charge is 0.0727 e. The summed E-state index contributed by atoms with van der Waals surface area (Å²) in [6.07, 6.45) is 5.71. The van der Waals surface area contributed by atoms with Gasteiger partial charge in [0, 0.05) is 12.6 Å². The summed E-state index contributed by atoms with van der Waals surface area (Å²) in [4.78, 5) is 0. The molecular weight excluding hydrogens is 162 g/mol. The van der Waals surface area contributed by atoms with Gasteiger partial charge in [-0.1, -0.05) is 13.3 Å². The van der Waals surface area contributed by atoms with E-state index in [0.29, 0.717) is 12.1 Å². The van der Waals surface area contributed by atoms with Crippen LogP contribution >= 0.6 is 0 Å². The Labute approximate surface area is 82.0 Å². The van der Waals surface area contributed by atoms with Crippen LogP contribution in [0.25, 0.3) is 0 Å². The van der Waals surface area contributed by atoms with E-state index in [9.17, 15) is 0 Å². The molecule has 78 valence electrons. The van der Waals surface area contributed by atoms with Crippen LogP contribution in [0.15, 0.2) is 0 Å². The van der Waals surface area contributed by atoms with Gasteiger partial charge < -0.3 is 10.1 Å². The fraction of sp³-hybridized carbons (Fsp3) is 1.00. The molecule has 0 aliphatic heterocycles. The highest BCUT2D eigenvalue weighted by atomic mass is 16.5. The van der Waals surface area contributed by atoms with Crippen molar-refractivity contribution in [1.82, 2.24) is 5.32 Å². The first-order valence-corrected chi connectivity index (χ1v) is 5.62. The van der Waals surface area contributed by atoms with Crippen molar-refractivity contribution in [3.05, 3.63) is 0 Å². The Balaban J connectivity index is 2.40. The van der Waals surface area contributed by atoms with Gasteiger partial charge >= 0.3 is 0 Å².